The molecule has 1 aromatic heterocycles. The molecule has 1 heterocycles. The summed E-state index contributed by atoms with van der Waals surface area (Å²) in [6, 6.07) is 3.74. The third-order valence-electron chi connectivity index (χ3n) is 2.34. The lowest BCUT2D eigenvalue weighted by Crippen LogP contribution is -2.03. The molecule has 0 fully saturated rings. The minimum atomic E-state index is -0.870. The van der Waals surface area contributed by atoms with Crippen LogP contribution in [-0.4, -0.2) is 16.7 Å². The number of benzene rings is 1. The lowest BCUT2D eigenvalue weighted by molar-refractivity contribution is 0.509. The summed E-state index contributed by atoms with van der Waals surface area (Å²) in [7, 11) is 0. The van der Waals surface area contributed by atoms with E-state index in [9.17, 15) is 8.78 Å². The third kappa shape index (κ3) is 1.94. The first-order chi connectivity index (χ1) is 7.72. The molecule has 0 radical (unpaired) electrons. The van der Waals surface area contributed by atoms with Crippen LogP contribution in [0.3, 0.4) is 0 Å². The van der Waals surface area contributed by atoms with Crippen molar-refractivity contribution in [3.05, 3.63) is 41.6 Å². The van der Waals surface area contributed by atoms with Crippen molar-refractivity contribution in [2.45, 2.75) is 6.42 Å². The van der Waals surface area contributed by atoms with Crippen molar-refractivity contribution in [3.8, 4) is 11.3 Å². The van der Waals surface area contributed by atoms with Crippen molar-refractivity contribution in [2.75, 3.05) is 6.54 Å². The van der Waals surface area contributed by atoms with E-state index in [1.807, 2.05) is 0 Å². The highest BCUT2D eigenvalue weighted by Crippen LogP contribution is 2.23. The summed E-state index contributed by atoms with van der Waals surface area (Å²) < 4.78 is 25.8. The highest BCUT2D eigenvalue weighted by Gasteiger charge is 2.09. The average Bonchev–Trinajstić information content (AvgIpc) is 2.71. The Bertz CT molecular complexity index is 494. The zero-order chi connectivity index (χ0) is 11.5. The van der Waals surface area contributed by atoms with E-state index in [1.54, 1.807) is 6.20 Å². The molecule has 3 nitrogen and oxygen atoms in total. The molecular formula is C11H11F2N3. The van der Waals surface area contributed by atoms with Gasteiger partial charge in [0.25, 0.3) is 0 Å². The standard InChI is InChI=1S/C11H11F2N3/c12-9-2-1-7(5-10(9)13)11-8(3-4-14)6-15-16-11/h1-2,5-6H,3-4,14H2,(H,15,16). The Morgan fingerprint density at radius 1 is 1.25 bits per heavy atom. The van der Waals surface area contributed by atoms with Gasteiger partial charge in [-0.05, 0) is 36.7 Å². The molecule has 0 amide bonds. The molecule has 0 spiro atoms. The molecule has 1 aromatic carbocycles. The number of aromatic nitrogens is 2. The Morgan fingerprint density at radius 2 is 2.06 bits per heavy atom. The van der Waals surface area contributed by atoms with Crippen molar-refractivity contribution in [1.29, 1.82) is 0 Å². The van der Waals surface area contributed by atoms with Gasteiger partial charge in [0.2, 0.25) is 0 Å². The van der Waals surface area contributed by atoms with Gasteiger partial charge in [-0.2, -0.15) is 5.10 Å². The molecule has 0 aliphatic carbocycles. The Hall–Kier alpha value is -1.75. The van der Waals surface area contributed by atoms with Crippen LogP contribution in [0.4, 0.5) is 8.78 Å². The number of nitrogens with one attached hydrogen (secondary N) is 1. The van der Waals surface area contributed by atoms with Gasteiger partial charge in [-0.25, -0.2) is 8.78 Å². The maximum atomic E-state index is 13.1. The van der Waals surface area contributed by atoms with Gasteiger partial charge in [0.05, 0.1) is 11.9 Å². The van der Waals surface area contributed by atoms with Gasteiger partial charge in [-0.1, -0.05) is 0 Å². The number of aromatic amines is 1. The molecule has 16 heavy (non-hydrogen) atoms. The van der Waals surface area contributed by atoms with Gasteiger partial charge in [0.15, 0.2) is 11.6 Å². The van der Waals surface area contributed by atoms with E-state index in [2.05, 4.69) is 10.2 Å². The van der Waals surface area contributed by atoms with Gasteiger partial charge < -0.3 is 5.73 Å². The van der Waals surface area contributed by atoms with Crippen molar-refractivity contribution < 1.29 is 8.78 Å². The van der Waals surface area contributed by atoms with Crippen molar-refractivity contribution in [2.24, 2.45) is 5.73 Å². The second kappa shape index (κ2) is 4.40. The second-order valence-electron chi connectivity index (χ2n) is 3.44. The topological polar surface area (TPSA) is 54.7 Å². The molecule has 0 aliphatic heterocycles. The van der Waals surface area contributed by atoms with Gasteiger partial charge in [-0.15, -0.1) is 0 Å². The van der Waals surface area contributed by atoms with E-state index in [0.717, 1.165) is 17.7 Å². The molecule has 2 rings (SSSR count). The third-order valence-corrected chi connectivity index (χ3v) is 2.34. The molecule has 84 valence electrons. The largest absolute Gasteiger partial charge is 0.330 e. The van der Waals surface area contributed by atoms with Crippen LogP contribution in [0.5, 0.6) is 0 Å². The van der Waals surface area contributed by atoms with Gasteiger partial charge in [-0.3, -0.25) is 5.10 Å². The predicted octanol–water partition coefficient (Wildman–Crippen LogP) is 1.86. The fourth-order valence-electron chi connectivity index (χ4n) is 1.56. The van der Waals surface area contributed by atoms with Crippen LogP contribution in [0.15, 0.2) is 24.4 Å². The molecule has 0 unspecified atom stereocenters. The predicted molar refractivity (Wildman–Crippen MR) is 56.7 cm³/mol. The van der Waals surface area contributed by atoms with E-state index in [0.29, 0.717) is 24.2 Å². The first-order valence-corrected chi connectivity index (χ1v) is 4.90. The molecule has 0 saturated heterocycles. The lowest BCUT2D eigenvalue weighted by Gasteiger charge is -2.02. The summed E-state index contributed by atoms with van der Waals surface area (Å²) in [6.45, 7) is 0.482. The summed E-state index contributed by atoms with van der Waals surface area (Å²) in [6.07, 6.45) is 2.29. The van der Waals surface area contributed by atoms with Crippen molar-refractivity contribution in [1.82, 2.24) is 10.2 Å². The number of rotatable bonds is 3. The number of nitrogens with two attached hydrogens (primary N) is 1. The molecule has 0 saturated carbocycles. The zero-order valence-electron chi connectivity index (χ0n) is 8.50. The Labute approximate surface area is 91.3 Å². The van der Waals surface area contributed by atoms with E-state index in [4.69, 9.17) is 5.73 Å². The summed E-state index contributed by atoms with van der Waals surface area (Å²) in [5, 5.41) is 6.63. The monoisotopic (exact) mass is 223 g/mol. The first-order valence-electron chi connectivity index (χ1n) is 4.90. The smallest absolute Gasteiger partial charge is 0.159 e. The number of H-pyrrole nitrogens is 1. The van der Waals surface area contributed by atoms with E-state index >= 15 is 0 Å². The van der Waals surface area contributed by atoms with Crippen LogP contribution >= 0.6 is 0 Å². The Morgan fingerprint density at radius 3 is 2.75 bits per heavy atom. The number of halogens is 2. The average molecular weight is 223 g/mol. The minimum absolute atomic E-state index is 0.482. The molecule has 5 heteroatoms. The normalized spacial score (nSPS) is 10.7. The van der Waals surface area contributed by atoms with Gasteiger partial charge in [0, 0.05) is 5.56 Å². The SMILES string of the molecule is NCCc1cn[nH]c1-c1ccc(F)c(F)c1. The van der Waals surface area contributed by atoms with Crippen LogP contribution in [0.25, 0.3) is 11.3 Å². The molecule has 2 aromatic rings. The van der Waals surface area contributed by atoms with Gasteiger partial charge >= 0.3 is 0 Å². The minimum Gasteiger partial charge on any atom is -0.330 e. The number of nitrogens with zero attached hydrogens (tertiary/aromatic N) is 1. The highest BCUT2D eigenvalue weighted by atomic mass is 19.2. The van der Waals surface area contributed by atoms with Crippen LogP contribution < -0.4 is 5.73 Å². The summed E-state index contributed by atoms with van der Waals surface area (Å²) in [5.41, 5.74) is 7.60. The van der Waals surface area contributed by atoms with E-state index in [-0.39, 0.29) is 0 Å². The van der Waals surface area contributed by atoms with Crippen LogP contribution in [-0.2, 0) is 6.42 Å². The summed E-state index contributed by atoms with van der Waals surface area (Å²) in [5.74, 6) is -1.73. The van der Waals surface area contributed by atoms with Crippen LogP contribution in [0.2, 0.25) is 0 Å². The zero-order valence-corrected chi connectivity index (χ0v) is 8.50. The second-order valence-corrected chi connectivity index (χ2v) is 3.44. The quantitative estimate of drug-likeness (QED) is 0.834. The molecule has 3 N–H and O–H groups in total. The maximum Gasteiger partial charge on any atom is 0.159 e. The molecule has 0 bridgehead atoms. The molecular weight excluding hydrogens is 212 g/mol. The van der Waals surface area contributed by atoms with Crippen molar-refractivity contribution >= 4 is 0 Å². The Kier molecular flexibility index (Phi) is 2.96. The van der Waals surface area contributed by atoms with E-state index < -0.39 is 11.6 Å². The first kappa shape index (κ1) is 10.8. The van der Waals surface area contributed by atoms with Crippen LogP contribution in [0, 0.1) is 11.6 Å². The van der Waals surface area contributed by atoms with Crippen LogP contribution in [0.1, 0.15) is 5.56 Å². The number of hydrogen-bond donors (Lipinski definition) is 2. The maximum absolute atomic E-state index is 13.1. The lowest BCUT2D eigenvalue weighted by atomic mass is 10.1. The molecule has 0 atom stereocenters. The number of hydrogen-bond acceptors (Lipinski definition) is 2. The summed E-state index contributed by atoms with van der Waals surface area (Å²) in [4.78, 5) is 0. The summed E-state index contributed by atoms with van der Waals surface area (Å²) >= 11 is 0. The molecule has 0 aliphatic rings. The van der Waals surface area contributed by atoms with E-state index in [1.165, 1.54) is 6.07 Å². The van der Waals surface area contributed by atoms with Crippen molar-refractivity contribution in [3.63, 3.8) is 0 Å². The highest BCUT2D eigenvalue weighted by molar-refractivity contribution is 5.62. The van der Waals surface area contributed by atoms with Gasteiger partial charge in [0.1, 0.15) is 0 Å². The fourth-order valence-corrected chi connectivity index (χ4v) is 1.56. The fraction of sp³-hybridized carbons (Fsp3) is 0.182. The Balaban J connectivity index is 2.42.